The van der Waals surface area contributed by atoms with Crippen LogP contribution in [0, 0.1) is 6.92 Å². The molecule has 60 heavy (non-hydrogen) atoms. The van der Waals surface area contributed by atoms with Gasteiger partial charge in [0, 0.05) is 21.9 Å². The van der Waals surface area contributed by atoms with Crippen molar-refractivity contribution in [2.45, 2.75) is 6.92 Å². The topological polar surface area (TPSA) is 17.8 Å². The second kappa shape index (κ2) is 13.7. The van der Waals surface area contributed by atoms with Gasteiger partial charge in [0.25, 0.3) is 0 Å². The first kappa shape index (κ1) is 34.3. The predicted molar refractivity (Wildman–Crippen MR) is 255 cm³/mol. The van der Waals surface area contributed by atoms with Crippen molar-refractivity contribution in [3.63, 3.8) is 0 Å². The fraction of sp³-hybridized carbons (Fsp3) is 0.0172. The molecular formula is C58H38N2. The summed E-state index contributed by atoms with van der Waals surface area (Å²) in [6, 6.07) is 77.7. The first-order chi connectivity index (χ1) is 29.6. The monoisotopic (exact) mass is 762 g/mol. The molecule has 2 nitrogen and oxygen atoms in total. The van der Waals surface area contributed by atoms with Gasteiger partial charge in [-0.25, -0.2) is 4.98 Å². The molecule has 280 valence electrons. The summed E-state index contributed by atoms with van der Waals surface area (Å²) in [7, 11) is 0. The standard InChI is InChI=1S/C58H38N2/c1-37-23-25-38(26-24-37)42-27-29-49-47-20-10-11-21-48(47)51-35-54-53-32-43(46-22-12-18-39-13-8-9-19-45(39)46)28-30-57(53)60(58(54)36-52(51)50(49)31-42)44-33-55(40-14-4-2-5-15-40)59-56(34-44)41-16-6-3-7-17-41/h2-36H,1H3. The third-order valence-electron chi connectivity index (χ3n) is 12.4. The van der Waals surface area contributed by atoms with Crippen LogP contribution in [0.15, 0.2) is 212 Å². The molecule has 0 aliphatic heterocycles. The SMILES string of the molecule is Cc1ccc(-c2ccc3c4ccccc4c4cc5c6cc(-c7cccc8ccccc78)ccc6n(-c6cc(-c7ccccc7)nc(-c7ccccc7)c6)c5cc4c3c2)cc1. The molecular weight excluding hydrogens is 725 g/mol. The third-order valence-corrected chi connectivity index (χ3v) is 12.4. The van der Waals surface area contributed by atoms with E-state index >= 15 is 0 Å². The molecule has 0 aliphatic rings. The van der Waals surface area contributed by atoms with Gasteiger partial charge >= 0.3 is 0 Å². The van der Waals surface area contributed by atoms with Gasteiger partial charge in [-0.3, -0.25) is 0 Å². The lowest BCUT2D eigenvalue weighted by Gasteiger charge is -2.15. The lowest BCUT2D eigenvalue weighted by molar-refractivity contribution is 1.16. The number of aromatic nitrogens is 2. The number of hydrogen-bond acceptors (Lipinski definition) is 1. The van der Waals surface area contributed by atoms with E-state index in [0.717, 1.165) is 39.2 Å². The van der Waals surface area contributed by atoms with E-state index in [1.165, 1.54) is 81.7 Å². The van der Waals surface area contributed by atoms with Crippen molar-refractivity contribution in [3.05, 3.63) is 218 Å². The average Bonchev–Trinajstić information content (AvgIpc) is 3.64. The predicted octanol–water partition coefficient (Wildman–Crippen LogP) is 15.8. The Hall–Kier alpha value is -7.81. The maximum Gasteiger partial charge on any atom is 0.0730 e. The normalized spacial score (nSPS) is 11.8. The Labute approximate surface area is 348 Å². The quantitative estimate of drug-likeness (QED) is 0.160. The maximum absolute atomic E-state index is 5.28. The van der Waals surface area contributed by atoms with Crippen LogP contribution in [0.5, 0.6) is 0 Å². The summed E-state index contributed by atoms with van der Waals surface area (Å²) in [5.41, 5.74) is 13.6. The van der Waals surface area contributed by atoms with Gasteiger partial charge in [0.15, 0.2) is 0 Å². The highest BCUT2D eigenvalue weighted by Crippen LogP contribution is 2.44. The highest BCUT2D eigenvalue weighted by molar-refractivity contribution is 6.29. The average molecular weight is 763 g/mol. The molecule has 0 amide bonds. The van der Waals surface area contributed by atoms with Crippen LogP contribution in [0.4, 0.5) is 0 Å². The zero-order chi connectivity index (χ0) is 39.7. The summed E-state index contributed by atoms with van der Waals surface area (Å²) in [4.78, 5) is 5.28. The Morgan fingerprint density at radius 1 is 0.317 bits per heavy atom. The lowest BCUT2D eigenvalue weighted by atomic mass is 9.91. The summed E-state index contributed by atoms with van der Waals surface area (Å²) in [5.74, 6) is 0. The van der Waals surface area contributed by atoms with Crippen molar-refractivity contribution in [2.75, 3.05) is 0 Å². The molecule has 0 spiro atoms. The second-order valence-electron chi connectivity index (χ2n) is 16.0. The Morgan fingerprint density at radius 3 is 1.58 bits per heavy atom. The van der Waals surface area contributed by atoms with Crippen molar-refractivity contribution in [1.29, 1.82) is 0 Å². The number of fused-ring (bicyclic) bond motifs is 10. The lowest BCUT2D eigenvalue weighted by Crippen LogP contribution is -1.98. The maximum atomic E-state index is 5.28. The molecule has 0 unspecified atom stereocenters. The molecule has 0 N–H and O–H groups in total. The summed E-state index contributed by atoms with van der Waals surface area (Å²) in [6.07, 6.45) is 0. The smallest absolute Gasteiger partial charge is 0.0730 e. The van der Waals surface area contributed by atoms with Crippen molar-refractivity contribution in [3.8, 4) is 50.5 Å². The zero-order valence-corrected chi connectivity index (χ0v) is 33.1. The summed E-state index contributed by atoms with van der Waals surface area (Å²) in [5, 5.41) is 12.5. The highest BCUT2D eigenvalue weighted by atomic mass is 15.0. The van der Waals surface area contributed by atoms with Gasteiger partial charge in [-0.2, -0.15) is 0 Å². The molecule has 12 aromatic rings. The molecule has 12 rings (SSSR count). The van der Waals surface area contributed by atoms with Crippen molar-refractivity contribution >= 4 is 64.9 Å². The number of benzene rings is 10. The van der Waals surface area contributed by atoms with Crippen LogP contribution in [0.3, 0.4) is 0 Å². The number of hydrogen-bond donors (Lipinski definition) is 0. The van der Waals surface area contributed by atoms with Crippen molar-refractivity contribution < 1.29 is 0 Å². The summed E-state index contributed by atoms with van der Waals surface area (Å²) < 4.78 is 2.47. The highest BCUT2D eigenvalue weighted by Gasteiger charge is 2.20. The Balaban J connectivity index is 1.22. The molecule has 0 aliphatic carbocycles. The van der Waals surface area contributed by atoms with Crippen molar-refractivity contribution in [1.82, 2.24) is 9.55 Å². The molecule has 0 atom stereocenters. The largest absolute Gasteiger partial charge is 0.309 e. The number of aryl methyl sites for hydroxylation is 1. The van der Waals surface area contributed by atoms with Crippen LogP contribution in [0.2, 0.25) is 0 Å². The first-order valence-electron chi connectivity index (χ1n) is 20.7. The van der Waals surface area contributed by atoms with Gasteiger partial charge in [0.05, 0.1) is 28.1 Å². The molecule has 2 heterocycles. The van der Waals surface area contributed by atoms with Gasteiger partial charge in [0.1, 0.15) is 0 Å². The molecule has 0 saturated heterocycles. The van der Waals surface area contributed by atoms with Crippen LogP contribution in [-0.4, -0.2) is 9.55 Å². The second-order valence-corrected chi connectivity index (χ2v) is 16.0. The van der Waals surface area contributed by atoms with Crippen LogP contribution >= 0.6 is 0 Å². The fourth-order valence-electron chi connectivity index (χ4n) is 9.47. The number of pyridine rings is 1. The van der Waals surface area contributed by atoms with Gasteiger partial charge < -0.3 is 4.57 Å². The van der Waals surface area contributed by atoms with Gasteiger partial charge in [-0.05, 0) is 115 Å². The first-order valence-corrected chi connectivity index (χ1v) is 20.7. The van der Waals surface area contributed by atoms with Gasteiger partial charge in [-0.1, -0.05) is 175 Å². The molecule has 0 saturated carbocycles. The van der Waals surface area contributed by atoms with E-state index < -0.39 is 0 Å². The molecule has 10 aromatic carbocycles. The molecule has 2 heteroatoms. The molecule has 0 fully saturated rings. The minimum Gasteiger partial charge on any atom is -0.309 e. The molecule has 0 bridgehead atoms. The number of nitrogens with zero attached hydrogens (tertiary/aromatic N) is 2. The van der Waals surface area contributed by atoms with E-state index in [1.807, 2.05) is 0 Å². The van der Waals surface area contributed by atoms with Crippen LogP contribution < -0.4 is 0 Å². The third kappa shape index (κ3) is 5.53. The Kier molecular flexibility index (Phi) is 7.79. The van der Waals surface area contributed by atoms with E-state index in [1.54, 1.807) is 0 Å². The van der Waals surface area contributed by atoms with E-state index in [-0.39, 0.29) is 0 Å². The Bertz CT molecular complexity index is 3570. The van der Waals surface area contributed by atoms with Crippen molar-refractivity contribution in [2.24, 2.45) is 0 Å². The minimum absolute atomic E-state index is 0.939. The fourth-order valence-corrected chi connectivity index (χ4v) is 9.47. The van der Waals surface area contributed by atoms with Gasteiger partial charge in [-0.15, -0.1) is 0 Å². The van der Waals surface area contributed by atoms with E-state index in [0.29, 0.717) is 0 Å². The van der Waals surface area contributed by atoms with Gasteiger partial charge in [0.2, 0.25) is 0 Å². The van der Waals surface area contributed by atoms with E-state index in [2.05, 4.69) is 224 Å². The minimum atomic E-state index is 0.939. The zero-order valence-electron chi connectivity index (χ0n) is 33.1. The number of rotatable bonds is 5. The van der Waals surface area contributed by atoms with Crippen LogP contribution in [0.25, 0.3) is 115 Å². The van der Waals surface area contributed by atoms with E-state index in [9.17, 15) is 0 Å². The molecule has 2 aromatic heterocycles. The summed E-state index contributed by atoms with van der Waals surface area (Å²) in [6.45, 7) is 2.15. The Morgan fingerprint density at radius 2 is 0.850 bits per heavy atom. The van der Waals surface area contributed by atoms with Crippen LogP contribution in [-0.2, 0) is 0 Å². The van der Waals surface area contributed by atoms with Crippen LogP contribution in [0.1, 0.15) is 5.56 Å². The summed E-state index contributed by atoms with van der Waals surface area (Å²) >= 11 is 0. The van der Waals surface area contributed by atoms with E-state index in [4.69, 9.17) is 4.98 Å². The molecule has 0 radical (unpaired) electrons.